The van der Waals surface area contributed by atoms with Crippen molar-refractivity contribution >= 4 is 65.6 Å². The molecule has 4 nitrogen and oxygen atoms in total. The van der Waals surface area contributed by atoms with Gasteiger partial charge in [-0.25, -0.2) is 4.98 Å². The molecule has 0 aliphatic carbocycles. The molecule has 0 spiro atoms. The van der Waals surface area contributed by atoms with Crippen LogP contribution < -0.4 is 0 Å². The smallest absolute Gasteiger partial charge is 0.227 e. The SMILES string of the molecule is c1ccc(-n2c3cccc(-c4ccc(-c5nc6ccc7oc8ccccc8c7c6o5)cc4)c3c3ccc4ccccc4c32)cc1. The summed E-state index contributed by atoms with van der Waals surface area (Å²) in [6.07, 6.45) is 0. The Labute approximate surface area is 257 Å². The number of fused-ring (bicyclic) bond motifs is 10. The van der Waals surface area contributed by atoms with Crippen LogP contribution in [-0.2, 0) is 0 Å². The van der Waals surface area contributed by atoms with Crippen LogP contribution in [0.4, 0.5) is 0 Å². The van der Waals surface area contributed by atoms with Crippen LogP contribution in [0.15, 0.2) is 154 Å². The molecule has 3 aromatic heterocycles. The van der Waals surface area contributed by atoms with Gasteiger partial charge < -0.3 is 13.4 Å². The molecule has 0 saturated carbocycles. The average molecular weight is 577 g/mol. The van der Waals surface area contributed by atoms with E-state index in [0.29, 0.717) is 5.89 Å². The zero-order valence-electron chi connectivity index (χ0n) is 24.1. The van der Waals surface area contributed by atoms with Crippen LogP contribution in [0.3, 0.4) is 0 Å². The summed E-state index contributed by atoms with van der Waals surface area (Å²) >= 11 is 0. The molecule has 10 aromatic rings. The summed E-state index contributed by atoms with van der Waals surface area (Å²) in [5.74, 6) is 0.597. The standard InChI is InChI=1S/C41H24N2O2/c1-2-10-28(11-3-1)43-34-15-8-14-29(37(34)32-22-21-25-9-4-5-12-30(25)39(32)43)26-17-19-27(20-18-26)41-42-33-23-24-36-38(40(33)45-41)31-13-6-7-16-35(31)44-36/h1-24H. The van der Waals surface area contributed by atoms with Gasteiger partial charge in [0.2, 0.25) is 5.89 Å². The summed E-state index contributed by atoms with van der Waals surface area (Å²) in [5.41, 5.74) is 10.0. The van der Waals surface area contributed by atoms with E-state index in [-0.39, 0.29) is 0 Å². The van der Waals surface area contributed by atoms with E-state index in [4.69, 9.17) is 13.8 Å². The number of hydrogen-bond acceptors (Lipinski definition) is 3. The van der Waals surface area contributed by atoms with Gasteiger partial charge >= 0.3 is 0 Å². The van der Waals surface area contributed by atoms with E-state index in [2.05, 4.69) is 120 Å². The van der Waals surface area contributed by atoms with Gasteiger partial charge in [0.05, 0.1) is 16.4 Å². The maximum atomic E-state index is 6.43. The number of aromatic nitrogens is 2. The minimum absolute atomic E-state index is 0.597. The first-order valence-electron chi connectivity index (χ1n) is 15.1. The van der Waals surface area contributed by atoms with Crippen LogP contribution >= 0.6 is 0 Å². The number of oxazole rings is 1. The topological polar surface area (TPSA) is 44.1 Å². The highest BCUT2D eigenvalue weighted by molar-refractivity contribution is 6.22. The second kappa shape index (κ2) is 9.18. The molecule has 210 valence electrons. The highest BCUT2D eigenvalue weighted by atomic mass is 16.4. The third kappa shape index (κ3) is 3.51. The molecule has 45 heavy (non-hydrogen) atoms. The van der Waals surface area contributed by atoms with Gasteiger partial charge in [0, 0.05) is 32.8 Å². The molecule has 3 heterocycles. The van der Waals surface area contributed by atoms with Gasteiger partial charge in [-0.1, -0.05) is 97.1 Å². The largest absolute Gasteiger partial charge is 0.456 e. The Morgan fingerprint density at radius 2 is 1.27 bits per heavy atom. The molecule has 0 atom stereocenters. The van der Waals surface area contributed by atoms with Gasteiger partial charge in [-0.05, 0) is 65.0 Å². The predicted octanol–water partition coefficient (Wildman–Crippen LogP) is 11.3. The molecule has 0 saturated heterocycles. The fourth-order valence-corrected chi connectivity index (χ4v) is 7.02. The second-order valence-electron chi connectivity index (χ2n) is 11.5. The van der Waals surface area contributed by atoms with Crippen LogP contribution in [0.5, 0.6) is 0 Å². The third-order valence-electron chi connectivity index (χ3n) is 9.03. The van der Waals surface area contributed by atoms with E-state index < -0.39 is 0 Å². The summed E-state index contributed by atoms with van der Waals surface area (Å²) in [6.45, 7) is 0. The lowest BCUT2D eigenvalue weighted by Gasteiger charge is -2.10. The van der Waals surface area contributed by atoms with Crippen molar-refractivity contribution in [1.82, 2.24) is 9.55 Å². The zero-order chi connectivity index (χ0) is 29.5. The summed E-state index contributed by atoms with van der Waals surface area (Å²) < 4.78 is 14.9. The average Bonchev–Trinajstić information content (AvgIpc) is 3.80. The number of furan rings is 1. The molecule has 4 heteroatoms. The number of hydrogen-bond donors (Lipinski definition) is 0. The van der Waals surface area contributed by atoms with Gasteiger partial charge in [0.1, 0.15) is 16.7 Å². The Balaban J connectivity index is 1.16. The molecule has 0 bridgehead atoms. The molecule has 0 amide bonds. The molecule has 0 radical (unpaired) electrons. The minimum atomic E-state index is 0.597. The number of para-hydroxylation sites is 2. The van der Waals surface area contributed by atoms with E-state index in [1.54, 1.807) is 0 Å². The molecule has 0 N–H and O–H groups in total. The van der Waals surface area contributed by atoms with Gasteiger partial charge in [0.25, 0.3) is 0 Å². The number of nitrogens with zero attached hydrogens (tertiary/aromatic N) is 2. The Hall–Kier alpha value is -6.13. The second-order valence-corrected chi connectivity index (χ2v) is 11.5. The van der Waals surface area contributed by atoms with Crippen molar-refractivity contribution in [2.24, 2.45) is 0 Å². The first-order valence-corrected chi connectivity index (χ1v) is 15.1. The maximum Gasteiger partial charge on any atom is 0.227 e. The van der Waals surface area contributed by atoms with Crippen molar-refractivity contribution in [3.8, 4) is 28.3 Å². The minimum Gasteiger partial charge on any atom is -0.456 e. The quantitative estimate of drug-likeness (QED) is 0.210. The van der Waals surface area contributed by atoms with Crippen molar-refractivity contribution in [3.63, 3.8) is 0 Å². The van der Waals surface area contributed by atoms with E-state index in [0.717, 1.165) is 49.9 Å². The van der Waals surface area contributed by atoms with Crippen LogP contribution in [-0.4, -0.2) is 9.55 Å². The highest BCUT2D eigenvalue weighted by Gasteiger charge is 2.19. The fourth-order valence-electron chi connectivity index (χ4n) is 7.02. The molecule has 0 aliphatic heterocycles. The summed E-state index contributed by atoms with van der Waals surface area (Å²) in [4.78, 5) is 4.87. The number of benzene rings is 7. The number of rotatable bonds is 3. The monoisotopic (exact) mass is 576 g/mol. The molecule has 0 aliphatic rings. The molecule has 7 aromatic carbocycles. The van der Waals surface area contributed by atoms with Gasteiger partial charge in [-0.15, -0.1) is 0 Å². The van der Waals surface area contributed by atoms with Gasteiger partial charge in [-0.3, -0.25) is 0 Å². The summed E-state index contributed by atoms with van der Waals surface area (Å²) in [7, 11) is 0. The lowest BCUT2D eigenvalue weighted by atomic mass is 9.97. The van der Waals surface area contributed by atoms with Crippen molar-refractivity contribution in [3.05, 3.63) is 146 Å². The third-order valence-corrected chi connectivity index (χ3v) is 9.03. The fraction of sp³-hybridized carbons (Fsp3) is 0. The molecule has 0 fully saturated rings. The van der Waals surface area contributed by atoms with Crippen LogP contribution in [0.2, 0.25) is 0 Å². The predicted molar refractivity (Wildman–Crippen MR) is 184 cm³/mol. The van der Waals surface area contributed by atoms with Gasteiger partial charge in [0.15, 0.2) is 5.58 Å². The summed E-state index contributed by atoms with van der Waals surface area (Å²) in [6, 6.07) is 51.0. The van der Waals surface area contributed by atoms with Crippen molar-refractivity contribution < 1.29 is 8.83 Å². The van der Waals surface area contributed by atoms with E-state index in [9.17, 15) is 0 Å². The Morgan fingerprint density at radius 3 is 2.16 bits per heavy atom. The first-order chi connectivity index (χ1) is 22.3. The lowest BCUT2D eigenvalue weighted by Crippen LogP contribution is -1.94. The Kier molecular flexibility index (Phi) is 4.96. The zero-order valence-corrected chi connectivity index (χ0v) is 24.1. The molecular weight excluding hydrogens is 552 g/mol. The Bertz CT molecular complexity index is 2750. The summed E-state index contributed by atoms with van der Waals surface area (Å²) in [5, 5.41) is 6.95. The van der Waals surface area contributed by atoms with E-state index >= 15 is 0 Å². The van der Waals surface area contributed by atoms with Crippen LogP contribution in [0.25, 0.3) is 93.9 Å². The van der Waals surface area contributed by atoms with Crippen molar-refractivity contribution in [2.45, 2.75) is 0 Å². The normalized spacial score (nSPS) is 12.0. The van der Waals surface area contributed by atoms with Crippen molar-refractivity contribution in [1.29, 1.82) is 0 Å². The van der Waals surface area contributed by atoms with E-state index in [1.807, 2.05) is 30.3 Å². The van der Waals surface area contributed by atoms with E-state index in [1.165, 1.54) is 38.1 Å². The lowest BCUT2D eigenvalue weighted by molar-refractivity contribution is 0.622. The van der Waals surface area contributed by atoms with Crippen molar-refractivity contribution in [2.75, 3.05) is 0 Å². The maximum absolute atomic E-state index is 6.43. The van der Waals surface area contributed by atoms with Crippen LogP contribution in [0, 0.1) is 0 Å². The first kappa shape index (κ1) is 24.3. The van der Waals surface area contributed by atoms with Gasteiger partial charge in [-0.2, -0.15) is 0 Å². The van der Waals surface area contributed by atoms with Crippen LogP contribution in [0.1, 0.15) is 0 Å². The Morgan fingerprint density at radius 1 is 0.489 bits per heavy atom. The molecule has 10 rings (SSSR count). The molecular formula is C41H24N2O2. The molecule has 0 unspecified atom stereocenters. The highest BCUT2D eigenvalue weighted by Crippen LogP contribution is 2.42.